The highest BCUT2D eigenvalue weighted by atomic mass is 16.5. The van der Waals surface area contributed by atoms with Crippen LogP contribution in [0.4, 0.5) is 0 Å². The number of hydrogen-bond acceptors (Lipinski definition) is 5. The first-order valence-corrected chi connectivity index (χ1v) is 9.35. The number of hydrogen-bond donors (Lipinski definition) is 0. The molecule has 0 spiro atoms. The van der Waals surface area contributed by atoms with E-state index >= 15 is 0 Å². The molecule has 1 heterocycles. The number of benzene rings is 2. The van der Waals surface area contributed by atoms with Crippen molar-refractivity contribution in [3.63, 3.8) is 0 Å². The lowest BCUT2D eigenvalue weighted by atomic mass is 9.89. The van der Waals surface area contributed by atoms with Crippen molar-refractivity contribution in [2.24, 2.45) is 5.92 Å². The Labute approximate surface area is 165 Å². The van der Waals surface area contributed by atoms with E-state index < -0.39 is 0 Å². The van der Waals surface area contributed by atoms with Gasteiger partial charge in [0.05, 0.1) is 19.8 Å². The standard InChI is InChI=1S/C22H25NO5/c1-26-18-10-4-3-9-17(18)22(25)16-8-7-13-23(14-16)21(24)15-28-20-12-6-5-11-19(20)27-2/h3-6,9-12,16H,7-8,13-15H2,1-2H3/t16-/m1/s1. The van der Waals surface area contributed by atoms with E-state index in [1.807, 2.05) is 24.3 Å². The molecule has 1 saturated heterocycles. The van der Waals surface area contributed by atoms with E-state index in [1.165, 1.54) is 0 Å². The lowest BCUT2D eigenvalue weighted by Gasteiger charge is -2.32. The van der Waals surface area contributed by atoms with Crippen LogP contribution in [0, 0.1) is 5.92 Å². The average Bonchev–Trinajstić information content (AvgIpc) is 2.77. The first kappa shape index (κ1) is 19.7. The van der Waals surface area contributed by atoms with Gasteiger partial charge in [-0.25, -0.2) is 0 Å². The highest BCUT2D eigenvalue weighted by Gasteiger charge is 2.30. The van der Waals surface area contributed by atoms with E-state index in [-0.39, 0.29) is 24.2 Å². The van der Waals surface area contributed by atoms with E-state index in [0.717, 1.165) is 12.8 Å². The van der Waals surface area contributed by atoms with Crippen LogP contribution in [0.2, 0.25) is 0 Å². The van der Waals surface area contributed by atoms with E-state index in [4.69, 9.17) is 14.2 Å². The molecule has 0 radical (unpaired) electrons. The molecule has 0 bridgehead atoms. The first-order valence-electron chi connectivity index (χ1n) is 9.35. The average molecular weight is 383 g/mol. The minimum atomic E-state index is -0.236. The van der Waals surface area contributed by atoms with E-state index in [0.29, 0.717) is 35.9 Å². The molecule has 148 valence electrons. The molecule has 1 fully saturated rings. The number of piperidine rings is 1. The molecule has 1 aliphatic rings. The Kier molecular flexibility index (Phi) is 6.53. The lowest BCUT2D eigenvalue weighted by molar-refractivity contribution is -0.134. The van der Waals surface area contributed by atoms with Gasteiger partial charge < -0.3 is 19.1 Å². The number of likely N-dealkylation sites (tertiary alicyclic amines) is 1. The van der Waals surface area contributed by atoms with E-state index in [2.05, 4.69) is 0 Å². The maximum absolute atomic E-state index is 12.9. The van der Waals surface area contributed by atoms with Gasteiger partial charge in [0, 0.05) is 19.0 Å². The van der Waals surface area contributed by atoms with Gasteiger partial charge in [0.1, 0.15) is 5.75 Å². The second kappa shape index (κ2) is 9.26. The predicted octanol–water partition coefficient (Wildman–Crippen LogP) is 3.20. The molecule has 1 atom stereocenters. The van der Waals surface area contributed by atoms with Crippen LogP contribution in [0.15, 0.2) is 48.5 Å². The van der Waals surface area contributed by atoms with Crippen LogP contribution in [-0.4, -0.2) is 50.5 Å². The fraction of sp³-hybridized carbons (Fsp3) is 0.364. The van der Waals surface area contributed by atoms with Crippen LogP contribution in [-0.2, 0) is 4.79 Å². The zero-order valence-electron chi connectivity index (χ0n) is 16.2. The Hall–Kier alpha value is -3.02. The molecule has 0 saturated carbocycles. The first-order chi connectivity index (χ1) is 13.6. The largest absolute Gasteiger partial charge is 0.496 e. The van der Waals surface area contributed by atoms with Crippen LogP contribution in [0.1, 0.15) is 23.2 Å². The van der Waals surface area contributed by atoms with Gasteiger partial charge in [-0.1, -0.05) is 24.3 Å². The summed E-state index contributed by atoms with van der Waals surface area (Å²) in [4.78, 5) is 27.3. The van der Waals surface area contributed by atoms with E-state index in [1.54, 1.807) is 43.4 Å². The summed E-state index contributed by atoms with van der Waals surface area (Å²) in [5.41, 5.74) is 0.564. The zero-order chi connectivity index (χ0) is 19.9. The van der Waals surface area contributed by atoms with Crippen LogP contribution < -0.4 is 14.2 Å². The minimum absolute atomic E-state index is 0.0144. The highest BCUT2D eigenvalue weighted by Crippen LogP contribution is 2.27. The Bertz CT molecular complexity index is 835. The molecular weight excluding hydrogens is 358 g/mol. The quantitative estimate of drug-likeness (QED) is 0.687. The second-order valence-electron chi connectivity index (χ2n) is 6.68. The molecule has 6 heteroatoms. The summed E-state index contributed by atoms with van der Waals surface area (Å²) >= 11 is 0. The van der Waals surface area contributed by atoms with Crippen LogP contribution in [0.25, 0.3) is 0 Å². The number of ketones is 1. The molecule has 3 rings (SSSR count). The van der Waals surface area contributed by atoms with E-state index in [9.17, 15) is 9.59 Å². The molecule has 1 amide bonds. The van der Waals surface area contributed by atoms with Crippen molar-refractivity contribution >= 4 is 11.7 Å². The van der Waals surface area contributed by atoms with Crippen molar-refractivity contribution in [2.75, 3.05) is 33.9 Å². The number of amides is 1. The number of ether oxygens (including phenoxy) is 3. The van der Waals surface area contributed by atoms with Crippen molar-refractivity contribution in [3.05, 3.63) is 54.1 Å². The molecule has 0 unspecified atom stereocenters. The summed E-state index contributed by atoms with van der Waals surface area (Å²) in [5.74, 6) is 1.31. The molecule has 0 N–H and O–H groups in total. The Morgan fingerprint density at radius 3 is 2.32 bits per heavy atom. The fourth-order valence-electron chi connectivity index (χ4n) is 3.45. The summed E-state index contributed by atoms with van der Waals surface area (Å²) in [6, 6.07) is 14.4. The smallest absolute Gasteiger partial charge is 0.260 e. The summed E-state index contributed by atoms with van der Waals surface area (Å²) in [7, 11) is 3.11. The number of rotatable bonds is 7. The van der Waals surface area contributed by atoms with Crippen molar-refractivity contribution in [2.45, 2.75) is 12.8 Å². The molecule has 0 aliphatic carbocycles. The van der Waals surface area contributed by atoms with Crippen LogP contribution in [0.3, 0.4) is 0 Å². The molecular formula is C22H25NO5. The van der Waals surface area contributed by atoms with Gasteiger partial charge in [-0.15, -0.1) is 0 Å². The van der Waals surface area contributed by atoms with Gasteiger partial charge in [0.15, 0.2) is 23.9 Å². The molecule has 0 aromatic heterocycles. The predicted molar refractivity (Wildman–Crippen MR) is 105 cm³/mol. The van der Waals surface area contributed by atoms with Crippen molar-refractivity contribution in [3.8, 4) is 17.2 Å². The third-order valence-corrected chi connectivity index (χ3v) is 4.94. The maximum Gasteiger partial charge on any atom is 0.260 e. The Morgan fingerprint density at radius 1 is 0.964 bits per heavy atom. The molecule has 2 aromatic rings. The minimum Gasteiger partial charge on any atom is -0.496 e. The van der Waals surface area contributed by atoms with Crippen molar-refractivity contribution < 1.29 is 23.8 Å². The number of Topliss-reactive ketones (excluding diaryl/α,β-unsaturated/α-hetero) is 1. The van der Waals surface area contributed by atoms with Gasteiger partial charge in [-0.05, 0) is 37.1 Å². The van der Waals surface area contributed by atoms with Gasteiger partial charge in [-0.3, -0.25) is 9.59 Å². The third-order valence-electron chi connectivity index (χ3n) is 4.94. The SMILES string of the molecule is COc1ccccc1OCC(=O)N1CCC[C@@H](C(=O)c2ccccc2OC)C1. The Morgan fingerprint density at radius 2 is 1.61 bits per heavy atom. The van der Waals surface area contributed by atoms with Crippen molar-refractivity contribution in [1.29, 1.82) is 0 Å². The molecule has 2 aromatic carbocycles. The summed E-state index contributed by atoms with van der Waals surface area (Å²) < 4.78 is 16.2. The van der Waals surface area contributed by atoms with Crippen molar-refractivity contribution in [1.82, 2.24) is 4.90 Å². The highest BCUT2D eigenvalue weighted by molar-refractivity contribution is 6.00. The maximum atomic E-state index is 12.9. The topological polar surface area (TPSA) is 65.1 Å². The number of nitrogens with zero attached hydrogens (tertiary/aromatic N) is 1. The summed E-state index contributed by atoms with van der Waals surface area (Å²) in [5, 5.41) is 0. The van der Waals surface area contributed by atoms with Gasteiger partial charge >= 0.3 is 0 Å². The monoisotopic (exact) mass is 383 g/mol. The van der Waals surface area contributed by atoms with Gasteiger partial charge in [-0.2, -0.15) is 0 Å². The summed E-state index contributed by atoms with van der Waals surface area (Å²) in [6.45, 7) is 0.935. The van der Waals surface area contributed by atoms with Crippen LogP contribution in [0.5, 0.6) is 17.2 Å². The number of carbonyl (C=O) groups excluding carboxylic acids is 2. The van der Waals surface area contributed by atoms with Gasteiger partial charge in [0.2, 0.25) is 0 Å². The second-order valence-corrected chi connectivity index (χ2v) is 6.68. The van der Waals surface area contributed by atoms with Crippen LogP contribution >= 0.6 is 0 Å². The third kappa shape index (κ3) is 4.44. The Balaban J connectivity index is 1.62. The fourth-order valence-corrected chi connectivity index (χ4v) is 3.45. The molecule has 6 nitrogen and oxygen atoms in total. The summed E-state index contributed by atoms with van der Waals surface area (Å²) in [6.07, 6.45) is 1.54. The molecule has 28 heavy (non-hydrogen) atoms. The normalized spacial score (nSPS) is 16.4. The van der Waals surface area contributed by atoms with Gasteiger partial charge in [0.25, 0.3) is 5.91 Å². The number of para-hydroxylation sites is 3. The number of methoxy groups -OCH3 is 2. The lowest BCUT2D eigenvalue weighted by Crippen LogP contribution is -2.44. The zero-order valence-corrected chi connectivity index (χ0v) is 16.2. The molecule has 1 aliphatic heterocycles. The number of carbonyl (C=O) groups is 2.